The van der Waals surface area contributed by atoms with Crippen LogP contribution in [0.25, 0.3) is 22.2 Å². The van der Waals surface area contributed by atoms with Gasteiger partial charge in [0.25, 0.3) is 5.91 Å². The highest BCUT2D eigenvalue weighted by molar-refractivity contribution is 6.07. The summed E-state index contributed by atoms with van der Waals surface area (Å²) in [6.45, 7) is 6.11. The van der Waals surface area contributed by atoms with Crippen LogP contribution in [-0.2, 0) is 0 Å². The summed E-state index contributed by atoms with van der Waals surface area (Å²) in [7, 11) is 0. The van der Waals surface area contributed by atoms with Crippen LogP contribution in [0.2, 0.25) is 0 Å². The van der Waals surface area contributed by atoms with Gasteiger partial charge in [-0.3, -0.25) is 4.79 Å². The molecule has 4 rings (SSSR count). The molecule has 5 heteroatoms. The number of aromatic nitrogens is 2. The van der Waals surface area contributed by atoms with Gasteiger partial charge in [0.1, 0.15) is 6.04 Å². The Hall–Kier alpha value is -3.47. The van der Waals surface area contributed by atoms with Crippen molar-refractivity contribution in [1.29, 1.82) is 0 Å². The van der Waals surface area contributed by atoms with Crippen LogP contribution in [0.15, 0.2) is 77.3 Å². The zero-order valence-electron chi connectivity index (χ0n) is 16.7. The number of amides is 1. The molecule has 1 amide bonds. The molecule has 1 unspecified atom stereocenters. The van der Waals surface area contributed by atoms with Crippen LogP contribution in [0.3, 0.4) is 0 Å². The molecule has 0 aliphatic heterocycles. The molecule has 4 aromatic rings. The van der Waals surface area contributed by atoms with Crippen LogP contribution >= 0.6 is 0 Å². The van der Waals surface area contributed by atoms with Gasteiger partial charge >= 0.3 is 0 Å². The fraction of sp³-hybridized carbons (Fsp3) is 0.208. The molecule has 29 heavy (non-hydrogen) atoms. The number of benzene rings is 3. The summed E-state index contributed by atoms with van der Waals surface area (Å²) in [5, 5.41) is 9.16. The van der Waals surface area contributed by atoms with Gasteiger partial charge in [0.15, 0.2) is 0 Å². The molecule has 1 heterocycles. The third kappa shape index (κ3) is 3.90. The number of carbonyl (C=O) groups excluding carboxylic acids is 1. The normalized spacial score (nSPS) is 12.7. The Morgan fingerprint density at radius 1 is 0.931 bits per heavy atom. The molecule has 0 saturated heterocycles. The van der Waals surface area contributed by atoms with Gasteiger partial charge in [-0.25, -0.2) is 0 Å². The molecule has 0 radical (unpaired) electrons. The van der Waals surface area contributed by atoms with E-state index in [4.69, 9.17) is 4.52 Å². The molecule has 0 spiro atoms. The van der Waals surface area contributed by atoms with Gasteiger partial charge < -0.3 is 9.84 Å². The molecule has 5 nitrogen and oxygen atoms in total. The van der Waals surface area contributed by atoms with E-state index in [0.29, 0.717) is 17.3 Å². The van der Waals surface area contributed by atoms with Gasteiger partial charge in [-0.05, 0) is 22.3 Å². The minimum Gasteiger partial charge on any atom is -0.340 e. The second-order valence-corrected chi connectivity index (χ2v) is 8.12. The fourth-order valence-corrected chi connectivity index (χ4v) is 3.34. The predicted octanol–water partition coefficient (Wildman–Crippen LogP) is 5.41. The van der Waals surface area contributed by atoms with E-state index in [2.05, 4.69) is 15.5 Å². The van der Waals surface area contributed by atoms with Crippen LogP contribution in [0.1, 0.15) is 43.1 Å². The zero-order valence-corrected chi connectivity index (χ0v) is 16.7. The maximum atomic E-state index is 13.2. The summed E-state index contributed by atoms with van der Waals surface area (Å²) >= 11 is 0. The molecule has 1 N–H and O–H groups in total. The number of hydrogen-bond donors (Lipinski definition) is 1. The monoisotopic (exact) mass is 385 g/mol. The van der Waals surface area contributed by atoms with Gasteiger partial charge in [-0.1, -0.05) is 92.7 Å². The van der Waals surface area contributed by atoms with E-state index in [1.807, 2.05) is 93.6 Å². The minimum absolute atomic E-state index is 0.166. The van der Waals surface area contributed by atoms with Crippen LogP contribution in [0, 0.1) is 5.41 Å². The standard InChI is InChI=1S/C24H23N3O2/c1-24(2,3)20(23-26-21(27-29-23)17-11-5-4-6-12-17)25-22(28)19-15-9-13-16-10-7-8-14-18(16)19/h4-15,20H,1-3H3,(H,25,28). The largest absolute Gasteiger partial charge is 0.340 e. The maximum Gasteiger partial charge on any atom is 0.252 e. The Bertz CT molecular complexity index is 1140. The van der Waals surface area contributed by atoms with E-state index >= 15 is 0 Å². The molecular weight excluding hydrogens is 362 g/mol. The van der Waals surface area contributed by atoms with Gasteiger partial charge in [0, 0.05) is 11.1 Å². The summed E-state index contributed by atoms with van der Waals surface area (Å²) < 4.78 is 5.56. The molecule has 0 aliphatic rings. The van der Waals surface area contributed by atoms with E-state index in [1.54, 1.807) is 0 Å². The van der Waals surface area contributed by atoms with E-state index in [1.165, 1.54) is 0 Å². The Morgan fingerprint density at radius 3 is 2.38 bits per heavy atom. The van der Waals surface area contributed by atoms with Crippen LogP contribution in [-0.4, -0.2) is 16.0 Å². The second-order valence-electron chi connectivity index (χ2n) is 8.12. The lowest BCUT2D eigenvalue weighted by molar-refractivity contribution is 0.0882. The van der Waals surface area contributed by atoms with Crippen molar-refractivity contribution in [2.75, 3.05) is 0 Å². The Labute approximate surface area is 169 Å². The third-order valence-electron chi connectivity index (χ3n) is 4.90. The summed E-state index contributed by atoms with van der Waals surface area (Å²) in [4.78, 5) is 17.7. The van der Waals surface area contributed by atoms with Gasteiger partial charge in [-0.2, -0.15) is 4.98 Å². The summed E-state index contributed by atoms with van der Waals surface area (Å²) in [5.74, 6) is 0.736. The van der Waals surface area contributed by atoms with Crippen molar-refractivity contribution in [3.05, 3.63) is 84.3 Å². The average Bonchev–Trinajstić information content (AvgIpc) is 3.21. The molecule has 0 fully saturated rings. The first kappa shape index (κ1) is 18.9. The van der Waals surface area contributed by atoms with Crippen molar-refractivity contribution in [1.82, 2.24) is 15.5 Å². The molecule has 1 aromatic heterocycles. The first-order chi connectivity index (χ1) is 13.9. The first-order valence-electron chi connectivity index (χ1n) is 9.61. The maximum absolute atomic E-state index is 13.2. The number of nitrogens with one attached hydrogen (secondary N) is 1. The minimum atomic E-state index is -0.432. The Balaban J connectivity index is 1.66. The molecule has 146 valence electrons. The van der Waals surface area contributed by atoms with Crippen LogP contribution in [0.5, 0.6) is 0 Å². The summed E-state index contributed by atoms with van der Waals surface area (Å²) in [6, 6.07) is 22.8. The Morgan fingerprint density at radius 2 is 1.62 bits per heavy atom. The molecular formula is C24H23N3O2. The summed E-state index contributed by atoms with van der Waals surface area (Å²) in [6.07, 6.45) is 0. The van der Waals surface area contributed by atoms with Crippen molar-refractivity contribution in [3.8, 4) is 11.4 Å². The van der Waals surface area contributed by atoms with Crippen molar-refractivity contribution >= 4 is 16.7 Å². The number of rotatable bonds is 4. The lowest BCUT2D eigenvalue weighted by Crippen LogP contribution is -2.37. The molecule has 1 atom stereocenters. The number of carbonyl (C=O) groups is 1. The number of nitrogens with zero attached hydrogens (tertiary/aromatic N) is 2. The predicted molar refractivity (Wildman–Crippen MR) is 113 cm³/mol. The number of hydrogen-bond acceptors (Lipinski definition) is 4. The quantitative estimate of drug-likeness (QED) is 0.510. The van der Waals surface area contributed by atoms with Crippen molar-refractivity contribution in [3.63, 3.8) is 0 Å². The summed E-state index contributed by atoms with van der Waals surface area (Å²) in [5.41, 5.74) is 1.18. The van der Waals surface area contributed by atoms with Crippen molar-refractivity contribution in [2.45, 2.75) is 26.8 Å². The van der Waals surface area contributed by atoms with Gasteiger partial charge in [-0.15, -0.1) is 0 Å². The molecule has 0 aliphatic carbocycles. The molecule has 0 saturated carbocycles. The number of fused-ring (bicyclic) bond motifs is 1. The van der Waals surface area contributed by atoms with Crippen LogP contribution < -0.4 is 5.32 Å². The van der Waals surface area contributed by atoms with E-state index in [-0.39, 0.29) is 11.3 Å². The smallest absolute Gasteiger partial charge is 0.252 e. The van der Waals surface area contributed by atoms with E-state index in [0.717, 1.165) is 16.3 Å². The highest BCUT2D eigenvalue weighted by Crippen LogP contribution is 2.33. The van der Waals surface area contributed by atoms with Gasteiger partial charge in [0.05, 0.1) is 0 Å². The average molecular weight is 385 g/mol. The third-order valence-corrected chi connectivity index (χ3v) is 4.90. The fourth-order valence-electron chi connectivity index (χ4n) is 3.34. The highest BCUT2D eigenvalue weighted by atomic mass is 16.5. The molecule has 0 bridgehead atoms. The van der Waals surface area contributed by atoms with E-state index < -0.39 is 6.04 Å². The zero-order chi connectivity index (χ0) is 20.4. The van der Waals surface area contributed by atoms with E-state index in [9.17, 15) is 4.79 Å². The topological polar surface area (TPSA) is 68.0 Å². The SMILES string of the molecule is CC(C)(C)C(NC(=O)c1cccc2ccccc12)c1nc(-c2ccccc2)no1. The molecule has 3 aromatic carbocycles. The van der Waals surface area contributed by atoms with Crippen LogP contribution in [0.4, 0.5) is 0 Å². The second kappa shape index (κ2) is 7.51. The lowest BCUT2D eigenvalue weighted by Gasteiger charge is -2.28. The van der Waals surface area contributed by atoms with Crippen molar-refractivity contribution in [2.24, 2.45) is 5.41 Å². The Kier molecular flexibility index (Phi) is 4.89. The van der Waals surface area contributed by atoms with Crippen molar-refractivity contribution < 1.29 is 9.32 Å². The lowest BCUT2D eigenvalue weighted by atomic mass is 9.86. The highest BCUT2D eigenvalue weighted by Gasteiger charge is 2.33. The first-order valence-corrected chi connectivity index (χ1v) is 9.61. The van der Waals surface area contributed by atoms with Gasteiger partial charge in [0.2, 0.25) is 11.7 Å².